The highest BCUT2D eigenvalue weighted by Crippen LogP contribution is 2.33. The fourth-order valence-corrected chi connectivity index (χ4v) is 2.22. The van der Waals surface area contributed by atoms with Crippen LogP contribution in [0.3, 0.4) is 0 Å². The molecule has 0 unspecified atom stereocenters. The lowest BCUT2D eigenvalue weighted by Crippen LogP contribution is -1.92. The lowest BCUT2D eigenvalue weighted by molar-refractivity contribution is 0.416. The largest absolute Gasteiger partial charge is 0.496 e. The number of nitriles is 1. The first-order valence-electron chi connectivity index (χ1n) is 6.37. The highest BCUT2D eigenvalue weighted by atomic mass is 16.5. The second-order valence-electron chi connectivity index (χ2n) is 4.53. The molecule has 19 heavy (non-hydrogen) atoms. The van der Waals surface area contributed by atoms with Gasteiger partial charge in [0.2, 0.25) is 0 Å². The van der Waals surface area contributed by atoms with Crippen LogP contribution in [-0.4, -0.2) is 7.11 Å². The predicted molar refractivity (Wildman–Crippen MR) is 77.3 cm³/mol. The van der Waals surface area contributed by atoms with Crippen LogP contribution in [0.2, 0.25) is 0 Å². The first kappa shape index (κ1) is 13.2. The average Bonchev–Trinajstić information content (AvgIpc) is 2.46. The minimum atomic E-state index is 0.687. The SMILES string of the molecule is CCc1ccc(OC)c(-c2ccc(C#N)cc2C)c1. The van der Waals surface area contributed by atoms with Gasteiger partial charge in [0.15, 0.2) is 0 Å². The Morgan fingerprint density at radius 1 is 1.11 bits per heavy atom. The van der Waals surface area contributed by atoms with E-state index in [0.29, 0.717) is 5.56 Å². The summed E-state index contributed by atoms with van der Waals surface area (Å²) in [5.41, 5.74) is 5.26. The fraction of sp³-hybridized carbons (Fsp3) is 0.235. The van der Waals surface area contributed by atoms with Gasteiger partial charge in [0, 0.05) is 5.56 Å². The van der Waals surface area contributed by atoms with Crippen LogP contribution in [-0.2, 0) is 6.42 Å². The van der Waals surface area contributed by atoms with E-state index in [1.165, 1.54) is 5.56 Å². The van der Waals surface area contributed by atoms with Crippen LogP contribution < -0.4 is 4.74 Å². The van der Waals surface area contributed by atoms with Crippen LogP contribution in [0.5, 0.6) is 5.75 Å². The normalized spacial score (nSPS) is 10.0. The molecule has 96 valence electrons. The molecule has 0 fully saturated rings. The maximum atomic E-state index is 8.93. The van der Waals surface area contributed by atoms with Gasteiger partial charge in [-0.1, -0.05) is 19.1 Å². The summed E-state index contributed by atoms with van der Waals surface area (Å²) in [4.78, 5) is 0. The number of rotatable bonds is 3. The van der Waals surface area contributed by atoms with Gasteiger partial charge in [-0.2, -0.15) is 5.26 Å². The molecule has 0 amide bonds. The van der Waals surface area contributed by atoms with Crippen LogP contribution in [0.25, 0.3) is 11.1 Å². The molecular formula is C17H17NO. The molecule has 0 saturated heterocycles. The highest BCUT2D eigenvalue weighted by molar-refractivity contribution is 5.74. The molecule has 2 heteroatoms. The first-order valence-corrected chi connectivity index (χ1v) is 6.37. The molecule has 2 rings (SSSR count). The highest BCUT2D eigenvalue weighted by Gasteiger charge is 2.09. The minimum absolute atomic E-state index is 0.687. The van der Waals surface area contributed by atoms with Gasteiger partial charge in [-0.05, 0) is 54.3 Å². The summed E-state index contributed by atoms with van der Waals surface area (Å²) in [5, 5.41) is 8.93. The summed E-state index contributed by atoms with van der Waals surface area (Å²) < 4.78 is 5.45. The van der Waals surface area contributed by atoms with Crippen LogP contribution in [0.4, 0.5) is 0 Å². The Bertz CT molecular complexity index is 638. The predicted octanol–water partition coefficient (Wildman–Crippen LogP) is 4.10. The zero-order valence-electron chi connectivity index (χ0n) is 11.5. The van der Waals surface area contributed by atoms with Crippen molar-refractivity contribution < 1.29 is 4.74 Å². The summed E-state index contributed by atoms with van der Waals surface area (Å²) in [7, 11) is 1.68. The molecule has 0 bridgehead atoms. The van der Waals surface area contributed by atoms with E-state index in [-0.39, 0.29) is 0 Å². The minimum Gasteiger partial charge on any atom is -0.496 e. The second-order valence-corrected chi connectivity index (χ2v) is 4.53. The van der Waals surface area contributed by atoms with Crippen molar-refractivity contribution in [1.82, 2.24) is 0 Å². The molecule has 0 spiro atoms. The Labute approximate surface area is 114 Å². The zero-order chi connectivity index (χ0) is 13.8. The van der Waals surface area contributed by atoms with Crippen molar-refractivity contribution in [3.8, 4) is 22.9 Å². The van der Waals surface area contributed by atoms with Gasteiger partial charge in [-0.15, -0.1) is 0 Å². The van der Waals surface area contributed by atoms with Gasteiger partial charge in [-0.3, -0.25) is 0 Å². The van der Waals surface area contributed by atoms with E-state index in [1.54, 1.807) is 7.11 Å². The van der Waals surface area contributed by atoms with E-state index >= 15 is 0 Å². The first-order chi connectivity index (χ1) is 9.19. The number of benzene rings is 2. The molecule has 2 aromatic rings. The third-order valence-corrected chi connectivity index (χ3v) is 3.32. The Morgan fingerprint density at radius 2 is 1.89 bits per heavy atom. The van der Waals surface area contributed by atoms with Gasteiger partial charge in [0.25, 0.3) is 0 Å². The van der Waals surface area contributed by atoms with E-state index in [9.17, 15) is 0 Å². The molecule has 0 aliphatic heterocycles. The Kier molecular flexibility index (Phi) is 3.87. The van der Waals surface area contributed by atoms with Gasteiger partial charge in [0.05, 0.1) is 18.7 Å². The molecule has 0 atom stereocenters. The third kappa shape index (κ3) is 2.61. The maximum Gasteiger partial charge on any atom is 0.126 e. The van der Waals surface area contributed by atoms with Gasteiger partial charge in [-0.25, -0.2) is 0 Å². The zero-order valence-corrected chi connectivity index (χ0v) is 11.5. The maximum absolute atomic E-state index is 8.93. The van der Waals surface area contributed by atoms with E-state index < -0.39 is 0 Å². The van der Waals surface area contributed by atoms with Crippen molar-refractivity contribution in [1.29, 1.82) is 5.26 Å². The molecule has 0 heterocycles. The molecule has 0 aliphatic carbocycles. The van der Waals surface area contributed by atoms with E-state index in [2.05, 4.69) is 25.1 Å². The van der Waals surface area contributed by atoms with Gasteiger partial charge < -0.3 is 4.74 Å². The smallest absolute Gasteiger partial charge is 0.126 e. The van der Waals surface area contributed by atoms with E-state index in [1.807, 2.05) is 31.2 Å². The molecule has 0 aliphatic rings. The number of nitrogens with zero attached hydrogens (tertiary/aromatic N) is 1. The Hall–Kier alpha value is -2.27. The quantitative estimate of drug-likeness (QED) is 0.822. The van der Waals surface area contributed by atoms with Gasteiger partial charge in [0.1, 0.15) is 5.75 Å². The third-order valence-electron chi connectivity index (χ3n) is 3.32. The molecule has 0 aromatic heterocycles. The number of methoxy groups -OCH3 is 1. The van der Waals surface area contributed by atoms with E-state index in [0.717, 1.165) is 28.9 Å². The van der Waals surface area contributed by atoms with Crippen LogP contribution >= 0.6 is 0 Å². The van der Waals surface area contributed by atoms with Crippen LogP contribution in [0.15, 0.2) is 36.4 Å². The van der Waals surface area contributed by atoms with Gasteiger partial charge >= 0.3 is 0 Å². The number of aryl methyl sites for hydroxylation is 2. The van der Waals surface area contributed by atoms with Crippen molar-refractivity contribution in [2.24, 2.45) is 0 Å². The molecular weight excluding hydrogens is 234 g/mol. The topological polar surface area (TPSA) is 33.0 Å². The summed E-state index contributed by atoms with van der Waals surface area (Å²) in [6.07, 6.45) is 0.992. The Morgan fingerprint density at radius 3 is 2.47 bits per heavy atom. The monoisotopic (exact) mass is 251 g/mol. The lowest BCUT2D eigenvalue weighted by atomic mass is 9.96. The number of hydrogen-bond acceptors (Lipinski definition) is 2. The average molecular weight is 251 g/mol. The summed E-state index contributed by atoms with van der Waals surface area (Å²) >= 11 is 0. The lowest BCUT2D eigenvalue weighted by Gasteiger charge is -2.13. The second kappa shape index (κ2) is 5.58. The molecule has 0 radical (unpaired) electrons. The van der Waals surface area contributed by atoms with Crippen molar-refractivity contribution >= 4 is 0 Å². The summed E-state index contributed by atoms with van der Waals surface area (Å²) in [6.45, 7) is 4.16. The molecule has 2 nitrogen and oxygen atoms in total. The van der Waals surface area contributed by atoms with Crippen molar-refractivity contribution in [3.05, 3.63) is 53.1 Å². The standard InChI is InChI=1S/C17H17NO/c1-4-13-6-8-17(19-3)16(10-13)15-7-5-14(11-18)9-12(15)2/h5-10H,4H2,1-3H3. The molecule has 0 saturated carbocycles. The summed E-state index contributed by atoms with van der Waals surface area (Å²) in [6, 6.07) is 14.2. The number of ether oxygens (including phenoxy) is 1. The molecule has 2 aromatic carbocycles. The molecule has 0 N–H and O–H groups in total. The Balaban J connectivity index is 2.60. The fourth-order valence-electron chi connectivity index (χ4n) is 2.22. The van der Waals surface area contributed by atoms with Crippen molar-refractivity contribution in [2.45, 2.75) is 20.3 Å². The van der Waals surface area contributed by atoms with E-state index in [4.69, 9.17) is 10.00 Å². The van der Waals surface area contributed by atoms with Crippen molar-refractivity contribution in [2.75, 3.05) is 7.11 Å². The van der Waals surface area contributed by atoms with Crippen molar-refractivity contribution in [3.63, 3.8) is 0 Å². The van der Waals surface area contributed by atoms with Crippen LogP contribution in [0.1, 0.15) is 23.6 Å². The number of hydrogen-bond donors (Lipinski definition) is 0. The summed E-state index contributed by atoms with van der Waals surface area (Å²) in [5.74, 6) is 0.866. The van der Waals surface area contributed by atoms with Crippen LogP contribution in [0, 0.1) is 18.3 Å².